The fourth-order valence-corrected chi connectivity index (χ4v) is 3.54. The summed E-state index contributed by atoms with van der Waals surface area (Å²) in [5.41, 5.74) is 4.20. The van der Waals surface area contributed by atoms with Crippen molar-refractivity contribution in [2.24, 2.45) is 0 Å². The van der Waals surface area contributed by atoms with Crippen LogP contribution in [0.25, 0.3) is 17.1 Å². The van der Waals surface area contributed by atoms with Crippen LogP contribution in [0, 0.1) is 13.8 Å². The first-order valence-electron chi connectivity index (χ1n) is 8.93. The molecule has 0 saturated heterocycles. The van der Waals surface area contributed by atoms with Gasteiger partial charge in [-0.25, -0.2) is 0 Å². The first-order valence-corrected chi connectivity index (χ1v) is 9.91. The van der Waals surface area contributed by atoms with E-state index in [1.54, 1.807) is 12.4 Å². The fraction of sp³-hybridized carbons (Fsp3) is 0.300. The van der Waals surface area contributed by atoms with Gasteiger partial charge in [-0.2, -0.15) is 0 Å². The number of carbonyl (C=O) groups is 1. The molecule has 27 heavy (non-hydrogen) atoms. The predicted molar refractivity (Wildman–Crippen MR) is 108 cm³/mol. The van der Waals surface area contributed by atoms with Gasteiger partial charge in [0.15, 0.2) is 11.0 Å². The fourth-order valence-electron chi connectivity index (χ4n) is 2.76. The van der Waals surface area contributed by atoms with Crippen molar-refractivity contribution < 1.29 is 4.79 Å². The summed E-state index contributed by atoms with van der Waals surface area (Å²) in [7, 11) is 0. The standard InChI is InChI=1S/C20H23N5OS/c1-4-9-22-18(26)13-27-20-24-23-19(16-6-5-10-21-12-16)25(20)17-8-7-14(2)11-15(17)3/h5-8,10-12H,4,9,13H2,1-3H3,(H,22,26). The molecule has 7 heteroatoms. The number of amides is 1. The highest BCUT2D eigenvalue weighted by atomic mass is 32.2. The highest BCUT2D eigenvalue weighted by Gasteiger charge is 2.18. The highest BCUT2D eigenvalue weighted by Crippen LogP contribution is 2.29. The molecule has 2 aromatic heterocycles. The van der Waals surface area contributed by atoms with Crippen molar-refractivity contribution in [1.29, 1.82) is 0 Å². The Morgan fingerprint density at radius 1 is 1.22 bits per heavy atom. The Hall–Kier alpha value is -2.67. The van der Waals surface area contributed by atoms with Crippen LogP contribution >= 0.6 is 11.8 Å². The van der Waals surface area contributed by atoms with Crippen molar-refractivity contribution in [1.82, 2.24) is 25.1 Å². The zero-order chi connectivity index (χ0) is 19.2. The molecule has 6 nitrogen and oxygen atoms in total. The molecule has 0 aliphatic carbocycles. The van der Waals surface area contributed by atoms with E-state index in [2.05, 4.69) is 52.5 Å². The Labute approximate surface area is 163 Å². The number of thioether (sulfide) groups is 1. The smallest absolute Gasteiger partial charge is 0.230 e. The summed E-state index contributed by atoms with van der Waals surface area (Å²) in [5.74, 6) is 1.02. The average molecular weight is 382 g/mol. The van der Waals surface area contributed by atoms with Gasteiger partial charge in [-0.3, -0.25) is 14.3 Å². The first-order chi connectivity index (χ1) is 13.1. The molecule has 0 radical (unpaired) electrons. The summed E-state index contributed by atoms with van der Waals surface area (Å²) in [6, 6.07) is 10.1. The van der Waals surface area contributed by atoms with Gasteiger partial charge in [-0.1, -0.05) is 36.4 Å². The monoisotopic (exact) mass is 381 g/mol. The lowest BCUT2D eigenvalue weighted by Crippen LogP contribution is -2.25. The number of benzene rings is 1. The molecule has 0 atom stereocenters. The molecule has 1 amide bonds. The van der Waals surface area contributed by atoms with Gasteiger partial charge < -0.3 is 5.32 Å². The Morgan fingerprint density at radius 2 is 2.07 bits per heavy atom. The van der Waals surface area contributed by atoms with Crippen molar-refractivity contribution in [2.45, 2.75) is 32.3 Å². The van der Waals surface area contributed by atoms with Crippen LogP contribution in [0.4, 0.5) is 0 Å². The number of aryl methyl sites for hydroxylation is 2. The van der Waals surface area contributed by atoms with E-state index in [0.29, 0.717) is 23.3 Å². The van der Waals surface area contributed by atoms with E-state index in [4.69, 9.17) is 0 Å². The minimum absolute atomic E-state index is 0.0000409. The SMILES string of the molecule is CCCNC(=O)CSc1nnc(-c2cccnc2)n1-c1ccc(C)cc1C. The summed E-state index contributed by atoms with van der Waals surface area (Å²) in [5, 5.41) is 12.3. The minimum atomic E-state index is -0.0000409. The van der Waals surface area contributed by atoms with E-state index < -0.39 is 0 Å². The van der Waals surface area contributed by atoms with Crippen LogP contribution in [0.15, 0.2) is 47.9 Å². The van der Waals surface area contributed by atoms with E-state index in [0.717, 1.165) is 23.2 Å². The number of nitrogens with one attached hydrogen (secondary N) is 1. The normalized spacial score (nSPS) is 10.8. The van der Waals surface area contributed by atoms with Gasteiger partial charge in [0.25, 0.3) is 0 Å². The zero-order valence-electron chi connectivity index (χ0n) is 15.8. The van der Waals surface area contributed by atoms with Gasteiger partial charge in [0.05, 0.1) is 11.4 Å². The Morgan fingerprint density at radius 3 is 2.78 bits per heavy atom. The Bertz CT molecular complexity index is 923. The van der Waals surface area contributed by atoms with E-state index >= 15 is 0 Å². The molecule has 140 valence electrons. The molecule has 0 aliphatic rings. The second-order valence-corrected chi connectivity index (χ2v) is 7.25. The molecule has 2 heterocycles. The second kappa shape index (κ2) is 8.81. The predicted octanol–water partition coefficient (Wildman–Crippen LogP) is 3.56. The summed E-state index contributed by atoms with van der Waals surface area (Å²) in [4.78, 5) is 16.2. The number of hydrogen-bond donors (Lipinski definition) is 1. The number of rotatable bonds is 7. The number of carbonyl (C=O) groups excluding carboxylic acids is 1. The highest BCUT2D eigenvalue weighted by molar-refractivity contribution is 7.99. The Balaban J connectivity index is 1.99. The molecular formula is C20H23N5OS. The molecule has 0 aliphatic heterocycles. The molecule has 0 unspecified atom stereocenters. The molecule has 1 N–H and O–H groups in total. The van der Waals surface area contributed by atoms with E-state index in [-0.39, 0.29) is 5.91 Å². The molecule has 0 bridgehead atoms. The number of pyridine rings is 1. The maximum atomic E-state index is 12.0. The topological polar surface area (TPSA) is 72.7 Å². The molecular weight excluding hydrogens is 358 g/mol. The lowest BCUT2D eigenvalue weighted by atomic mass is 10.1. The summed E-state index contributed by atoms with van der Waals surface area (Å²) >= 11 is 1.39. The number of nitrogens with zero attached hydrogens (tertiary/aromatic N) is 4. The van der Waals surface area contributed by atoms with Gasteiger partial charge in [0, 0.05) is 24.5 Å². The largest absolute Gasteiger partial charge is 0.355 e. The first kappa shape index (κ1) is 19.1. The van der Waals surface area contributed by atoms with Crippen molar-refractivity contribution in [3.05, 3.63) is 53.9 Å². The Kier molecular flexibility index (Phi) is 6.24. The summed E-state index contributed by atoms with van der Waals surface area (Å²) in [6.45, 7) is 6.85. The van der Waals surface area contributed by atoms with Crippen LogP contribution in [-0.4, -0.2) is 38.0 Å². The number of hydrogen-bond acceptors (Lipinski definition) is 5. The van der Waals surface area contributed by atoms with Crippen molar-refractivity contribution in [3.63, 3.8) is 0 Å². The third-order valence-corrected chi connectivity index (χ3v) is 4.98. The van der Waals surface area contributed by atoms with E-state index in [1.807, 2.05) is 23.6 Å². The molecule has 0 spiro atoms. The molecule has 3 aromatic rings. The average Bonchev–Trinajstić information content (AvgIpc) is 3.09. The number of aromatic nitrogens is 4. The van der Waals surface area contributed by atoms with Gasteiger partial charge in [0.1, 0.15) is 0 Å². The van der Waals surface area contributed by atoms with Crippen molar-refractivity contribution in [2.75, 3.05) is 12.3 Å². The third kappa shape index (κ3) is 4.54. The maximum Gasteiger partial charge on any atom is 0.230 e. The van der Waals surface area contributed by atoms with E-state index in [9.17, 15) is 4.79 Å². The van der Waals surface area contributed by atoms with Crippen molar-refractivity contribution in [3.8, 4) is 17.1 Å². The molecule has 1 aromatic carbocycles. The van der Waals surface area contributed by atoms with Crippen LogP contribution in [0.5, 0.6) is 0 Å². The van der Waals surface area contributed by atoms with Crippen LogP contribution < -0.4 is 5.32 Å². The molecule has 3 rings (SSSR count). The van der Waals surface area contributed by atoms with Crippen LogP contribution in [0.2, 0.25) is 0 Å². The summed E-state index contributed by atoms with van der Waals surface area (Å²) < 4.78 is 2.00. The molecule has 0 fully saturated rings. The lowest BCUT2D eigenvalue weighted by molar-refractivity contribution is -0.118. The molecule has 0 saturated carbocycles. The summed E-state index contributed by atoms with van der Waals surface area (Å²) in [6.07, 6.45) is 4.42. The van der Waals surface area contributed by atoms with Crippen molar-refractivity contribution >= 4 is 17.7 Å². The third-order valence-electron chi connectivity index (χ3n) is 4.05. The lowest BCUT2D eigenvalue weighted by Gasteiger charge is -2.13. The zero-order valence-corrected chi connectivity index (χ0v) is 16.6. The van der Waals surface area contributed by atoms with E-state index in [1.165, 1.54) is 17.3 Å². The quantitative estimate of drug-likeness (QED) is 0.634. The van der Waals surface area contributed by atoms with Gasteiger partial charge in [-0.05, 0) is 44.0 Å². The minimum Gasteiger partial charge on any atom is -0.355 e. The second-order valence-electron chi connectivity index (χ2n) is 6.31. The maximum absolute atomic E-state index is 12.0. The van der Waals surface area contributed by atoms with Gasteiger partial charge >= 0.3 is 0 Å². The van der Waals surface area contributed by atoms with Gasteiger partial charge in [-0.15, -0.1) is 10.2 Å². The van der Waals surface area contributed by atoms with Crippen LogP contribution in [0.3, 0.4) is 0 Å². The van der Waals surface area contributed by atoms with Crippen LogP contribution in [-0.2, 0) is 4.79 Å². The van der Waals surface area contributed by atoms with Gasteiger partial charge in [0.2, 0.25) is 5.91 Å². The van der Waals surface area contributed by atoms with Crippen LogP contribution in [0.1, 0.15) is 24.5 Å².